The summed E-state index contributed by atoms with van der Waals surface area (Å²) in [6.45, 7) is -0.497. The Morgan fingerprint density at radius 3 is 2.53 bits per heavy atom. The number of aromatic nitrogens is 2. The number of nitrogens with one attached hydrogen (secondary N) is 1. The van der Waals surface area contributed by atoms with Gasteiger partial charge in [0.1, 0.15) is 12.4 Å². The Hall–Kier alpha value is -3.37. The molecule has 3 amide bonds. The third kappa shape index (κ3) is 3.94. The summed E-state index contributed by atoms with van der Waals surface area (Å²) in [7, 11) is 3.32. The van der Waals surface area contributed by atoms with Crippen LogP contribution in [-0.4, -0.2) is 37.6 Å². The van der Waals surface area contributed by atoms with Crippen LogP contribution in [0.4, 0.5) is 14.9 Å². The molecule has 0 bridgehead atoms. The summed E-state index contributed by atoms with van der Waals surface area (Å²) in [6.07, 6.45) is 1.54. The van der Waals surface area contributed by atoms with Crippen LogP contribution in [0.1, 0.15) is 5.56 Å². The molecule has 164 valence electrons. The van der Waals surface area contributed by atoms with Gasteiger partial charge in [0.25, 0.3) is 11.1 Å². The highest BCUT2D eigenvalue weighted by Crippen LogP contribution is 2.32. The zero-order chi connectivity index (χ0) is 23.2. The number of thioether (sulfide) groups is 1. The first-order valence-corrected chi connectivity index (χ1v) is 10.5. The third-order valence-corrected chi connectivity index (χ3v) is 6.17. The molecule has 32 heavy (non-hydrogen) atoms. The van der Waals surface area contributed by atoms with Crippen LogP contribution < -0.4 is 11.0 Å². The van der Waals surface area contributed by atoms with E-state index in [9.17, 15) is 23.6 Å². The quantitative estimate of drug-likeness (QED) is 0.585. The molecular formula is C21H16ClFN4O4S. The van der Waals surface area contributed by atoms with Crippen molar-refractivity contribution in [3.05, 3.63) is 68.2 Å². The second kappa shape index (κ2) is 8.29. The Bertz CT molecular complexity index is 1390. The van der Waals surface area contributed by atoms with Gasteiger partial charge in [0.15, 0.2) is 0 Å². The molecule has 0 radical (unpaired) electrons. The van der Waals surface area contributed by atoms with Crippen molar-refractivity contribution in [2.45, 2.75) is 0 Å². The number of anilines is 1. The highest BCUT2D eigenvalue weighted by Gasteiger charge is 2.36. The van der Waals surface area contributed by atoms with Crippen molar-refractivity contribution in [2.24, 2.45) is 14.1 Å². The minimum atomic E-state index is -0.630. The monoisotopic (exact) mass is 474 g/mol. The van der Waals surface area contributed by atoms with Crippen LogP contribution in [0, 0.1) is 5.82 Å². The summed E-state index contributed by atoms with van der Waals surface area (Å²) in [5.41, 5.74) is 2.12. The number of carbonyl (C=O) groups excluding carboxylic acids is 3. The van der Waals surface area contributed by atoms with Gasteiger partial charge in [0.2, 0.25) is 5.91 Å². The second-order valence-corrected chi connectivity index (χ2v) is 8.49. The van der Waals surface area contributed by atoms with E-state index in [2.05, 4.69) is 5.32 Å². The maximum atomic E-state index is 13.2. The van der Waals surface area contributed by atoms with Crippen molar-refractivity contribution in [1.82, 2.24) is 14.0 Å². The molecule has 0 aliphatic carbocycles. The second-order valence-electron chi connectivity index (χ2n) is 7.09. The summed E-state index contributed by atoms with van der Waals surface area (Å²) in [5.74, 6) is -1.86. The number of aryl methyl sites for hydroxylation is 2. The van der Waals surface area contributed by atoms with E-state index in [0.29, 0.717) is 11.1 Å². The number of halogens is 2. The van der Waals surface area contributed by atoms with E-state index >= 15 is 0 Å². The normalized spacial score (nSPS) is 15.2. The molecule has 2 heterocycles. The number of imidazole rings is 1. The summed E-state index contributed by atoms with van der Waals surface area (Å²) < 4.78 is 16.3. The van der Waals surface area contributed by atoms with Gasteiger partial charge in [-0.25, -0.2) is 9.18 Å². The number of nitrogens with zero attached hydrogens (tertiary/aromatic N) is 3. The summed E-state index contributed by atoms with van der Waals surface area (Å²) in [4.78, 5) is 50.4. The van der Waals surface area contributed by atoms with Crippen molar-refractivity contribution in [3.63, 3.8) is 0 Å². The van der Waals surface area contributed by atoms with Gasteiger partial charge in [-0.05, 0) is 53.7 Å². The Kier molecular flexibility index (Phi) is 5.66. The molecule has 0 spiro atoms. The number of hydrogen-bond acceptors (Lipinski definition) is 5. The van der Waals surface area contributed by atoms with Crippen molar-refractivity contribution in [2.75, 3.05) is 11.9 Å². The number of amides is 3. The lowest BCUT2D eigenvalue weighted by molar-refractivity contribution is -0.127. The lowest BCUT2D eigenvalue weighted by Crippen LogP contribution is -2.36. The van der Waals surface area contributed by atoms with E-state index < -0.39 is 29.4 Å². The lowest BCUT2D eigenvalue weighted by atomic mass is 10.2. The average Bonchev–Trinajstić information content (AvgIpc) is 3.13. The highest BCUT2D eigenvalue weighted by atomic mass is 35.5. The van der Waals surface area contributed by atoms with Gasteiger partial charge in [-0.3, -0.25) is 28.4 Å². The summed E-state index contributed by atoms with van der Waals surface area (Å²) in [6, 6.07) is 8.89. The number of hydrogen-bond donors (Lipinski definition) is 1. The number of carbonyl (C=O) groups is 3. The smallest absolute Gasteiger partial charge is 0.324 e. The Morgan fingerprint density at radius 2 is 1.81 bits per heavy atom. The Morgan fingerprint density at radius 1 is 1.09 bits per heavy atom. The molecule has 1 aliphatic rings. The minimum absolute atomic E-state index is 0.160. The van der Waals surface area contributed by atoms with Crippen LogP contribution in [-0.2, 0) is 23.7 Å². The minimum Gasteiger partial charge on any atom is -0.324 e. The number of rotatable bonds is 4. The summed E-state index contributed by atoms with van der Waals surface area (Å²) in [5, 5.41) is 1.73. The fourth-order valence-electron chi connectivity index (χ4n) is 3.32. The number of benzene rings is 2. The predicted molar refractivity (Wildman–Crippen MR) is 121 cm³/mol. The SMILES string of the molecule is Cn1c(=O)n(C)c2cc(/C=C3/SC(=O)N(CC(=O)Nc4ccc(F)c(Cl)c4)C3=O)ccc21. The van der Waals surface area contributed by atoms with Crippen molar-refractivity contribution in [1.29, 1.82) is 0 Å². The van der Waals surface area contributed by atoms with Gasteiger partial charge in [0.05, 0.1) is 21.0 Å². The van der Waals surface area contributed by atoms with Crippen LogP contribution in [0.25, 0.3) is 17.1 Å². The maximum absolute atomic E-state index is 13.2. The maximum Gasteiger partial charge on any atom is 0.328 e. The van der Waals surface area contributed by atoms with E-state index in [1.54, 1.807) is 38.4 Å². The zero-order valence-corrected chi connectivity index (χ0v) is 18.5. The van der Waals surface area contributed by atoms with E-state index in [1.807, 2.05) is 0 Å². The molecule has 3 aromatic rings. The van der Waals surface area contributed by atoms with E-state index in [1.165, 1.54) is 21.3 Å². The molecule has 0 unspecified atom stereocenters. The topological polar surface area (TPSA) is 93.4 Å². The predicted octanol–water partition coefficient (Wildman–Crippen LogP) is 3.34. The number of imide groups is 1. The Labute approximate surface area is 190 Å². The fraction of sp³-hybridized carbons (Fsp3) is 0.143. The van der Waals surface area contributed by atoms with Crippen LogP contribution >= 0.6 is 23.4 Å². The molecule has 1 N–H and O–H groups in total. The van der Waals surface area contributed by atoms with Gasteiger partial charge < -0.3 is 5.32 Å². The molecule has 1 aromatic heterocycles. The molecule has 11 heteroatoms. The molecule has 1 fully saturated rings. The van der Waals surface area contributed by atoms with Gasteiger partial charge in [-0.2, -0.15) is 0 Å². The van der Waals surface area contributed by atoms with Crippen molar-refractivity contribution >= 4 is 63.2 Å². The first-order valence-electron chi connectivity index (χ1n) is 9.31. The molecular weight excluding hydrogens is 459 g/mol. The van der Waals surface area contributed by atoms with Crippen LogP contribution in [0.2, 0.25) is 5.02 Å². The highest BCUT2D eigenvalue weighted by molar-refractivity contribution is 8.18. The zero-order valence-electron chi connectivity index (χ0n) is 16.9. The Balaban J connectivity index is 1.52. The molecule has 2 aromatic carbocycles. The van der Waals surface area contributed by atoms with Gasteiger partial charge in [-0.1, -0.05) is 17.7 Å². The van der Waals surface area contributed by atoms with Crippen LogP contribution in [0.15, 0.2) is 46.1 Å². The lowest BCUT2D eigenvalue weighted by Gasteiger charge is -2.12. The molecule has 1 saturated heterocycles. The fourth-order valence-corrected chi connectivity index (χ4v) is 4.34. The third-order valence-electron chi connectivity index (χ3n) is 4.97. The van der Waals surface area contributed by atoms with Crippen molar-refractivity contribution < 1.29 is 18.8 Å². The molecule has 1 aliphatic heterocycles. The van der Waals surface area contributed by atoms with Crippen LogP contribution in [0.3, 0.4) is 0 Å². The van der Waals surface area contributed by atoms with E-state index in [-0.39, 0.29) is 21.3 Å². The van der Waals surface area contributed by atoms with Gasteiger partial charge in [-0.15, -0.1) is 0 Å². The van der Waals surface area contributed by atoms with Gasteiger partial charge >= 0.3 is 5.69 Å². The van der Waals surface area contributed by atoms with Gasteiger partial charge in [0, 0.05) is 19.8 Å². The average molecular weight is 475 g/mol. The molecule has 0 atom stereocenters. The van der Waals surface area contributed by atoms with E-state index in [0.717, 1.165) is 28.2 Å². The molecule has 0 saturated carbocycles. The van der Waals surface area contributed by atoms with Crippen LogP contribution in [0.5, 0.6) is 0 Å². The molecule has 4 rings (SSSR count). The number of fused-ring (bicyclic) bond motifs is 1. The van der Waals surface area contributed by atoms with Crippen molar-refractivity contribution in [3.8, 4) is 0 Å². The first-order chi connectivity index (χ1) is 15.2. The summed E-state index contributed by atoms with van der Waals surface area (Å²) >= 11 is 6.41. The largest absolute Gasteiger partial charge is 0.328 e. The van der Waals surface area contributed by atoms with E-state index in [4.69, 9.17) is 11.6 Å². The molecule has 8 nitrogen and oxygen atoms in total. The standard InChI is InChI=1S/C21H16ClFN4O4S/c1-25-15-6-3-11(7-16(15)26(2)20(25)30)8-17-19(29)27(21(31)32-17)10-18(28)24-12-4-5-14(23)13(22)9-12/h3-9H,10H2,1-2H3,(H,24,28)/b17-8+. The first kappa shape index (κ1) is 21.8.